The van der Waals surface area contributed by atoms with Crippen LogP contribution in [0, 0.1) is 0 Å². The SMILES string of the molecule is [2H]c1c([2H])c([2H])c(C([2H])(c2c([2H])c([2H])c(Cl)c([2H])c2[2H])N2C([2H])([2H])C([2H])([2H])N(C([2H])([2H])[2H])C([2H])([2H])C2([2H])[2H])c([2H])c1[2H]. The zero-order valence-electron chi connectivity index (χ0n) is 31.3. The summed E-state index contributed by atoms with van der Waals surface area (Å²) in [6, 6.07) is -14.8. The molecule has 110 valence electrons. The third kappa shape index (κ3) is 3.46. The van der Waals surface area contributed by atoms with Crippen molar-refractivity contribution >= 4 is 11.6 Å². The highest BCUT2D eigenvalue weighted by Crippen LogP contribution is 2.30. The molecule has 0 amide bonds. The Morgan fingerprint density at radius 2 is 1.67 bits per heavy atom. The Kier molecular flexibility index (Phi) is 1.18. The minimum absolute atomic E-state index is 0.596. The summed E-state index contributed by atoms with van der Waals surface area (Å²) >= 11 is 5.86. The van der Waals surface area contributed by atoms with Gasteiger partial charge in [0.25, 0.3) is 0 Å². The smallest absolute Gasteiger partial charge is 0.0639 e. The molecule has 1 atom stereocenters. The van der Waals surface area contributed by atoms with E-state index in [2.05, 4.69) is 0 Å². The summed E-state index contributed by atoms with van der Waals surface area (Å²) in [6.07, 6.45) is 0. The molecule has 0 bridgehead atoms. The van der Waals surface area contributed by atoms with Gasteiger partial charge in [-0.05, 0) is 30.2 Å². The minimum atomic E-state index is -4.19. The first kappa shape index (κ1) is 3.76. The molecule has 0 aliphatic carbocycles. The number of piperazine rings is 1. The standard InChI is InChI=1S/C18H21ClN2/c1-20-11-13-21(14-12-20)18(15-5-3-2-4-6-15)16-7-9-17(19)10-8-16/h2-10,18H,11-14H2,1H3/i1D3,2D,3D,4D,5D,6D,7D,8D,9D,10D,11D2,12D2,13D2,14D2,18D. The highest BCUT2D eigenvalue weighted by Gasteiger charge is 2.25. The minimum Gasteiger partial charge on any atom is -0.304 e. The van der Waals surface area contributed by atoms with E-state index in [0.717, 1.165) is 0 Å². The fourth-order valence-electron chi connectivity index (χ4n) is 1.50. The van der Waals surface area contributed by atoms with E-state index in [0.29, 0.717) is 0 Å². The first-order chi connectivity index (χ1) is 18.6. The lowest BCUT2D eigenvalue weighted by Gasteiger charge is -2.38. The van der Waals surface area contributed by atoms with E-state index in [1.165, 1.54) is 0 Å². The Hall–Kier alpha value is -1.35. The molecular formula is C18H21ClN2. The monoisotopic (exact) mass is 321 g/mol. The Labute approximate surface area is 161 Å². The van der Waals surface area contributed by atoms with Crippen molar-refractivity contribution < 1.29 is 28.8 Å². The molecule has 2 aromatic rings. The Bertz CT molecular complexity index is 1310. The third-order valence-electron chi connectivity index (χ3n) is 2.34. The predicted octanol–water partition coefficient (Wildman–Crippen LogP) is 3.68. The van der Waals surface area contributed by atoms with Crippen molar-refractivity contribution in [1.82, 2.24) is 9.80 Å². The molecule has 1 aliphatic rings. The van der Waals surface area contributed by atoms with Crippen LogP contribution in [0.4, 0.5) is 0 Å². The Morgan fingerprint density at radius 1 is 1.05 bits per heavy atom. The lowest BCUT2D eigenvalue weighted by molar-refractivity contribution is 0.127. The number of likely N-dealkylation sites (N-methyl/N-ethyl adjacent to an activating group) is 1. The van der Waals surface area contributed by atoms with Crippen molar-refractivity contribution in [3.8, 4) is 0 Å². The molecule has 1 saturated heterocycles. The molecule has 1 unspecified atom stereocenters. The van der Waals surface area contributed by atoms with Gasteiger partial charge in [-0.25, -0.2) is 0 Å². The van der Waals surface area contributed by atoms with Crippen LogP contribution in [-0.4, -0.2) is 42.8 Å². The van der Waals surface area contributed by atoms with E-state index in [1.807, 2.05) is 0 Å². The molecule has 0 N–H and O–H groups in total. The van der Waals surface area contributed by atoms with Gasteiger partial charge in [-0.3, -0.25) is 4.90 Å². The summed E-state index contributed by atoms with van der Waals surface area (Å²) < 4.78 is 175. The zero-order chi connectivity index (χ0) is 33.1. The van der Waals surface area contributed by atoms with Gasteiger partial charge >= 0.3 is 0 Å². The average molecular weight is 322 g/mol. The highest BCUT2D eigenvalue weighted by atomic mass is 35.5. The molecule has 0 spiro atoms. The molecule has 2 aromatic carbocycles. The van der Waals surface area contributed by atoms with E-state index < -0.39 is 119 Å². The van der Waals surface area contributed by atoms with Gasteiger partial charge in [-0.2, -0.15) is 0 Å². The van der Waals surface area contributed by atoms with Crippen LogP contribution < -0.4 is 0 Å². The van der Waals surface area contributed by atoms with Gasteiger partial charge in [0.2, 0.25) is 0 Å². The van der Waals surface area contributed by atoms with Crippen molar-refractivity contribution in [2.45, 2.75) is 6.02 Å². The van der Waals surface area contributed by atoms with Gasteiger partial charge in [0.15, 0.2) is 0 Å². The third-order valence-corrected chi connectivity index (χ3v) is 2.53. The molecule has 1 fully saturated rings. The van der Waals surface area contributed by atoms with Crippen molar-refractivity contribution in [1.29, 1.82) is 0 Å². The molecule has 1 heterocycles. The van der Waals surface area contributed by atoms with E-state index >= 15 is 0 Å². The molecule has 1 aliphatic heterocycles. The number of hydrogen-bond acceptors (Lipinski definition) is 2. The molecule has 3 heteroatoms. The van der Waals surface area contributed by atoms with Crippen LogP contribution in [0.3, 0.4) is 0 Å². The number of halogens is 1. The molecule has 0 radical (unpaired) electrons. The fraction of sp³-hybridized carbons (Fsp3) is 0.333. The summed E-state index contributed by atoms with van der Waals surface area (Å²) in [5.74, 6) is 0. The van der Waals surface area contributed by atoms with Crippen molar-refractivity contribution in [2.75, 3.05) is 33.0 Å². The van der Waals surface area contributed by atoms with Crippen LogP contribution in [0.5, 0.6) is 0 Å². The van der Waals surface area contributed by atoms with E-state index in [9.17, 15) is 1.37 Å². The molecule has 0 saturated carbocycles. The van der Waals surface area contributed by atoms with Crippen LogP contribution in [0.25, 0.3) is 0 Å². The lowest BCUT2D eigenvalue weighted by atomic mass is 9.96. The number of nitrogens with zero attached hydrogens (tertiary/aromatic N) is 2. The lowest BCUT2D eigenvalue weighted by Crippen LogP contribution is -2.46. The predicted molar refractivity (Wildman–Crippen MR) is 88.8 cm³/mol. The number of rotatable bonds is 3. The van der Waals surface area contributed by atoms with Crippen molar-refractivity contribution in [3.63, 3.8) is 0 Å². The molecule has 3 rings (SSSR count). The van der Waals surface area contributed by atoms with Gasteiger partial charge in [-0.15, -0.1) is 0 Å². The summed E-state index contributed by atoms with van der Waals surface area (Å²) in [5.41, 5.74) is -2.79. The van der Waals surface area contributed by atoms with Gasteiger partial charge in [0.1, 0.15) is 0 Å². The van der Waals surface area contributed by atoms with Crippen LogP contribution in [0.2, 0.25) is 5.02 Å². The molecule has 21 heavy (non-hydrogen) atoms. The highest BCUT2D eigenvalue weighted by molar-refractivity contribution is 6.30. The summed E-state index contributed by atoms with van der Waals surface area (Å²) in [4.78, 5) is -1.32. The average Bonchev–Trinajstić information content (AvgIpc) is 2.81. The molecule has 2 nitrogen and oxygen atoms in total. The van der Waals surface area contributed by atoms with Crippen molar-refractivity contribution in [2.24, 2.45) is 0 Å². The van der Waals surface area contributed by atoms with Crippen LogP contribution in [0.1, 0.15) is 45.9 Å². The summed E-state index contributed by atoms with van der Waals surface area (Å²) in [7, 11) is 0. The first-order valence-corrected chi connectivity index (χ1v) is 5.91. The van der Waals surface area contributed by atoms with E-state index in [1.54, 1.807) is 0 Å². The van der Waals surface area contributed by atoms with Crippen LogP contribution in [-0.2, 0) is 0 Å². The quantitative estimate of drug-likeness (QED) is 0.851. The maximum Gasteiger partial charge on any atom is 0.0639 e. The van der Waals surface area contributed by atoms with Crippen molar-refractivity contribution in [3.05, 3.63) is 70.5 Å². The summed E-state index contributed by atoms with van der Waals surface area (Å²) in [5, 5.41) is -0.832. The second kappa shape index (κ2) is 6.61. The molecule has 0 aromatic heterocycles. The second-order valence-electron chi connectivity index (χ2n) is 3.66. The van der Waals surface area contributed by atoms with E-state index in [-0.39, 0.29) is 0 Å². The van der Waals surface area contributed by atoms with Gasteiger partial charge in [-0.1, -0.05) is 53.9 Å². The topological polar surface area (TPSA) is 6.48 Å². The number of hydrogen-bond donors (Lipinski definition) is 0. The normalized spacial score (nSPS) is 44.7. The van der Waals surface area contributed by atoms with Crippen LogP contribution in [0.15, 0.2) is 54.4 Å². The zero-order valence-corrected chi connectivity index (χ0v) is 11.0. The van der Waals surface area contributed by atoms with Crippen LogP contribution >= 0.6 is 11.6 Å². The number of benzene rings is 2. The maximum absolute atomic E-state index is 9.51. The van der Waals surface area contributed by atoms with E-state index in [4.69, 9.17) is 39.0 Å². The van der Waals surface area contributed by atoms with Gasteiger partial charge < -0.3 is 4.90 Å². The molecular weight excluding hydrogens is 280 g/mol. The van der Waals surface area contributed by atoms with Gasteiger partial charge in [0.05, 0.1) is 19.7 Å². The second-order valence-corrected chi connectivity index (χ2v) is 4.03. The van der Waals surface area contributed by atoms with Gasteiger partial charge in [0, 0.05) is 46.1 Å². The maximum atomic E-state index is 9.51. The fourth-order valence-corrected chi connectivity index (χ4v) is 1.59. The largest absolute Gasteiger partial charge is 0.304 e. The Balaban J connectivity index is 2.77. The summed E-state index contributed by atoms with van der Waals surface area (Å²) in [6.45, 7) is -20.4. The first-order valence-electron chi connectivity index (χ1n) is 16.0. The Morgan fingerprint density at radius 3 is 2.29 bits per heavy atom.